The summed E-state index contributed by atoms with van der Waals surface area (Å²) in [5.41, 5.74) is 3.24. The summed E-state index contributed by atoms with van der Waals surface area (Å²) in [6.07, 6.45) is -2.38. The number of alkyl halides is 3. The number of likely N-dealkylation sites (N-methyl/N-ethyl adjacent to an activating group) is 1. The number of aliphatic carboxylic acids is 1. The first-order valence-electron chi connectivity index (χ1n) is 13.7. The molecular weight excluding hydrogens is 549 g/mol. The van der Waals surface area contributed by atoms with Gasteiger partial charge >= 0.3 is 12.1 Å². The van der Waals surface area contributed by atoms with Crippen molar-refractivity contribution in [2.24, 2.45) is 5.92 Å². The molecule has 4 rings (SSSR count). The molecule has 41 heavy (non-hydrogen) atoms. The number of carbonyl (C=O) groups is 1. The number of nitrogens with one attached hydrogen (secondary N) is 1. The van der Waals surface area contributed by atoms with Gasteiger partial charge in [-0.3, -0.25) is 4.79 Å². The van der Waals surface area contributed by atoms with Gasteiger partial charge in [-0.1, -0.05) is 48.5 Å². The number of hydrogen-bond acceptors (Lipinski definition) is 5. The van der Waals surface area contributed by atoms with Crippen LogP contribution in [0.1, 0.15) is 42.5 Å². The van der Waals surface area contributed by atoms with E-state index < -0.39 is 23.8 Å². The number of aliphatic hydroxyl groups is 1. The van der Waals surface area contributed by atoms with Gasteiger partial charge < -0.3 is 15.5 Å². The van der Waals surface area contributed by atoms with Crippen LogP contribution in [0, 0.1) is 5.92 Å². The first-order chi connectivity index (χ1) is 19.3. The Morgan fingerprint density at radius 1 is 1.02 bits per heavy atom. The predicted octanol–water partition coefficient (Wildman–Crippen LogP) is 6.47. The van der Waals surface area contributed by atoms with Crippen molar-refractivity contribution < 1.29 is 28.2 Å². The molecule has 1 aliphatic rings. The van der Waals surface area contributed by atoms with Gasteiger partial charge in [0.15, 0.2) is 0 Å². The molecule has 0 aromatic heterocycles. The van der Waals surface area contributed by atoms with E-state index in [1.165, 1.54) is 11.1 Å². The summed E-state index contributed by atoms with van der Waals surface area (Å²) in [6, 6.07) is 18.9. The third-order valence-electron chi connectivity index (χ3n) is 7.33. The minimum absolute atomic E-state index is 0.176. The number of fused-ring (bicyclic) bond motifs is 1. The van der Waals surface area contributed by atoms with Gasteiger partial charge in [0.1, 0.15) is 0 Å². The van der Waals surface area contributed by atoms with Crippen LogP contribution in [0.4, 0.5) is 13.2 Å². The van der Waals surface area contributed by atoms with Crippen LogP contribution in [-0.2, 0) is 30.2 Å². The van der Waals surface area contributed by atoms with Crippen LogP contribution < -0.4 is 5.32 Å². The summed E-state index contributed by atoms with van der Waals surface area (Å²) in [4.78, 5) is 11.5. The summed E-state index contributed by atoms with van der Waals surface area (Å²) in [5, 5.41) is 23.3. The number of aliphatic hydroxyl groups excluding tert-OH is 1. The molecular formula is C32H37F3N2O3S. The molecule has 3 N–H and O–H groups in total. The van der Waals surface area contributed by atoms with E-state index in [2.05, 4.69) is 43.4 Å². The highest BCUT2D eigenvalue weighted by Crippen LogP contribution is 2.37. The first-order valence-corrected chi connectivity index (χ1v) is 14.5. The largest absolute Gasteiger partial charge is 0.481 e. The van der Waals surface area contributed by atoms with Gasteiger partial charge in [0.05, 0.1) is 18.1 Å². The molecule has 0 bridgehead atoms. The third-order valence-corrected chi connectivity index (χ3v) is 8.24. The topological polar surface area (TPSA) is 72.8 Å². The SMILES string of the molecule is CN(C[C@H](O)CNC(C)(C)CC1Cc2ccccc2C1)Sc1cc(-c2cccc(CC(=O)O)c2)cc(C(F)(F)F)c1. The van der Waals surface area contributed by atoms with E-state index in [1.54, 1.807) is 41.7 Å². The molecule has 9 heteroatoms. The zero-order chi connectivity index (χ0) is 29.8. The Morgan fingerprint density at radius 2 is 1.71 bits per heavy atom. The van der Waals surface area contributed by atoms with E-state index in [4.69, 9.17) is 5.11 Å². The van der Waals surface area contributed by atoms with Gasteiger partial charge in [-0.2, -0.15) is 13.2 Å². The Kier molecular flexibility index (Phi) is 9.85. The molecule has 0 radical (unpaired) electrons. The summed E-state index contributed by atoms with van der Waals surface area (Å²) in [5.74, 6) is -0.463. The maximum Gasteiger partial charge on any atom is 0.416 e. The van der Waals surface area contributed by atoms with E-state index in [0.29, 0.717) is 34.0 Å². The van der Waals surface area contributed by atoms with Crippen molar-refractivity contribution in [3.8, 4) is 11.1 Å². The minimum atomic E-state index is -4.54. The van der Waals surface area contributed by atoms with Gasteiger partial charge in [0.2, 0.25) is 0 Å². The van der Waals surface area contributed by atoms with E-state index in [1.807, 2.05) is 0 Å². The Hall–Kier alpha value is -2.85. The number of hydrogen-bond donors (Lipinski definition) is 3. The zero-order valence-electron chi connectivity index (χ0n) is 23.5. The molecule has 220 valence electrons. The first kappa shape index (κ1) is 31.1. The average molecular weight is 587 g/mol. The summed E-state index contributed by atoms with van der Waals surface area (Å²) < 4.78 is 43.0. The molecule has 0 spiro atoms. The van der Waals surface area contributed by atoms with E-state index in [-0.39, 0.29) is 18.5 Å². The smallest absolute Gasteiger partial charge is 0.416 e. The second kappa shape index (κ2) is 13.0. The number of rotatable bonds is 12. The maximum atomic E-state index is 13.7. The van der Waals surface area contributed by atoms with Crippen LogP contribution in [0.5, 0.6) is 0 Å². The van der Waals surface area contributed by atoms with Crippen LogP contribution >= 0.6 is 11.9 Å². The van der Waals surface area contributed by atoms with Gasteiger partial charge in [-0.15, -0.1) is 0 Å². The highest BCUT2D eigenvalue weighted by molar-refractivity contribution is 7.97. The molecule has 0 saturated carbocycles. The quantitative estimate of drug-likeness (QED) is 0.211. The fraction of sp³-hybridized carbons (Fsp3) is 0.406. The number of carboxylic acid groups (broad SMARTS) is 1. The number of β-amino-alcohol motifs (C(OH)–C–C–N with tert-alkyl or cyclic N) is 1. The molecule has 3 aromatic carbocycles. The van der Waals surface area contributed by atoms with Crippen LogP contribution in [0.3, 0.4) is 0 Å². The van der Waals surface area contributed by atoms with Crippen molar-refractivity contribution in [2.45, 2.75) is 62.2 Å². The molecule has 5 nitrogen and oxygen atoms in total. The predicted molar refractivity (Wildman–Crippen MR) is 157 cm³/mol. The van der Waals surface area contributed by atoms with Crippen molar-refractivity contribution in [2.75, 3.05) is 20.1 Å². The number of carboxylic acids is 1. The van der Waals surface area contributed by atoms with Gasteiger partial charge in [0, 0.05) is 23.5 Å². The van der Waals surface area contributed by atoms with Crippen LogP contribution in [0.2, 0.25) is 0 Å². The van der Waals surface area contributed by atoms with Gasteiger partial charge in [-0.25, -0.2) is 4.31 Å². The number of nitrogens with zero attached hydrogens (tertiary/aromatic N) is 1. The molecule has 1 aliphatic carbocycles. The molecule has 0 heterocycles. The highest BCUT2D eigenvalue weighted by atomic mass is 32.2. The zero-order valence-corrected chi connectivity index (χ0v) is 24.4. The fourth-order valence-corrected chi connectivity index (χ4v) is 6.54. The molecule has 0 unspecified atom stereocenters. The second-order valence-corrected chi connectivity index (χ2v) is 12.9. The molecule has 0 amide bonds. The van der Waals surface area contributed by atoms with Crippen molar-refractivity contribution in [1.82, 2.24) is 9.62 Å². The Labute approximate surface area is 243 Å². The van der Waals surface area contributed by atoms with E-state index in [0.717, 1.165) is 43.3 Å². The molecule has 0 aliphatic heterocycles. The normalized spacial score (nSPS) is 14.8. The lowest BCUT2D eigenvalue weighted by atomic mass is 9.88. The lowest BCUT2D eigenvalue weighted by Gasteiger charge is -2.31. The summed E-state index contributed by atoms with van der Waals surface area (Å²) in [7, 11) is 1.74. The van der Waals surface area contributed by atoms with Crippen molar-refractivity contribution in [1.29, 1.82) is 0 Å². The molecule has 3 aromatic rings. The number of benzene rings is 3. The monoisotopic (exact) mass is 586 g/mol. The summed E-state index contributed by atoms with van der Waals surface area (Å²) in [6.45, 7) is 4.89. The Bertz CT molecular complexity index is 1340. The Balaban J connectivity index is 1.36. The Morgan fingerprint density at radius 3 is 2.34 bits per heavy atom. The van der Waals surface area contributed by atoms with Crippen LogP contribution in [0.25, 0.3) is 11.1 Å². The lowest BCUT2D eigenvalue weighted by Crippen LogP contribution is -2.46. The van der Waals surface area contributed by atoms with Crippen molar-refractivity contribution >= 4 is 17.9 Å². The lowest BCUT2D eigenvalue weighted by molar-refractivity contribution is -0.138. The third kappa shape index (κ3) is 9.07. The van der Waals surface area contributed by atoms with Gasteiger partial charge in [-0.05, 0) is 104 Å². The average Bonchev–Trinajstić information content (AvgIpc) is 3.28. The number of halogens is 3. The summed E-state index contributed by atoms with van der Waals surface area (Å²) >= 11 is 1.13. The van der Waals surface area contributed by atoms with Crippen molar-refractivity contribution in [3.05, 3.63) is 89.0 Å². The van der Waals surface area contributed by atoms with E-state index in [9.17, 15) is 23.1 Å². The van der Waals surface area contributed by atoms with Crippen LogP contribution in [-0.4, -0.2) is 52.3 Å². The molecule has 1 atom stereocenters. The highest BCUT2D eigenvalue weighted by Gasteiger charge is 2.32. The van der Waals surface area contributed by atoms with E-state index >= 15 is 0 Å². The van der Waals surface area contributed by atoms with Gasteiger partial charge in [0.25, 0.3) is 0 Å². The minimum Gasteiger partial charge on any atom is -0.481 e. The second-order valence-electron chi connectivity index (χ2n) is 11.6. The fourth-order valence-electron chi connectivity index (χ4n) is 5.58. The molecule has 0 saturated heterocycles. The maximum absolute atomic E-state index is 13.7. The van der Waals surface area contributed by atoms with Crippen molar-refractivity contribution in [3.63, 3.8) is 0 Å². The standard InChI is InChI=1S/C32H37F3N2O3S/c1-31(2,18-22-12-23-8-4-5-9-24(23)13-22)36-19-28(38)20-37(3)41-29-16-26(15-27(17-29)32(33,34)35)25-10-6-7-21(11-25)14-30(39)40/h4-11,15-17,22,28,36,38H,12-14,18-20H2,1-3H3,(H,39,40)/t28-/m1/s1. The van der Waals surface area contributed by atoms with Crippen LogP contribution in [0.15, 0.2) is 71.6 Å². The molecule has 0 fully saturated rings.